The van der Waals surface area contributed by atoms with Crippen molar-refractivity contribution in [1.82, 2.24) is 10.4 Å². The van der Waals surface area contributed by atoms with Gasteiger partial charge in [-0.2, -0.15) is 0 Å². The Labute approximate surface area is 116 Å². The average molecular weight is 260 g/mol. The molecule has 0 aromatic heterocycles. The molecule has 19 heavy (non-hydrogen) atoms. The number of hydrazine groups is 1. The highest BCUT2D eigenvalue weighted by Crippen LogP contribution is 2.22. The molecule has 2 atom stereocenters. The second-order valence-corrected chi connectivity index (χ2v) is 5.06. The van der Waals surface area contributed by atoms with Gasteiger partial charge >= 0.3 is 0 Å². The largest absolute Gasteiger partial charge is 0.383 e. The molecule has 0 spiro atoms. The summed E-state index contributed by atoms with van der Waals surface area (Å²) in [5.74, 6) is 0. The van der Waals surface area contributed by atoms with Crippen molar-refractivity contribution >= 4 is 0 Å². The molecule has 1 aliphatic heterocycles. The fourth-order valence-corrected chi connectivity index (χ4v) is 2.69. The van der Waals surface area contributed by atoms with Crippen molar-refractivity contribution in [3.63, 3.8) is 0 Å². The Balaban J connectivity index is 2.02. The highest BCUT2D eigenvalue weighted by Gasteiger charge is 2.26. The lowest BCUT2D eigenvalue weighted by molar-refractivity contribution is 0.0710. The summed E-state index contributed by atoms with van der Waals surface area (Å²) in [5, 5.41) is 2.34. The molecule has 2 rings (SSSR count). The van der Waals surface area contributed by atoms with Gasteiger partial charge in [0.25, 0.3) is 0 Å². The van der Waals surface area contributed by atoms with Crippen molar-refractivity contribution in [1.29, 1.82) is 0 Å². The molecule has 3 heteroatoms. The SMILES string of the molecule is C=CCC(NN1CCC[C@H]1COC)c1ccccc1. The molecule has 1 unspecified atom stereocenters. The molecule has 0 saturated carbocycles. The molecule has 0 radical (unpaired) electrons. The number of methoxy groups -OCH3 is 1. The third-order valence-electron chi connectivity index (χ3n) is 3.66. The van der Waals surface area contributed by atoms with Gasteiger partial charge in [0.15, 0.2) is 0 Å². The van der Waals surface area contributed by atoms with Crippen molar-refractivity contribution in [3.05, 3.63) is 48.6 Å². The van der Waals surface area contributed by atoms with Crippen molar-refractivity contribution in [3.8, 4) is 0 Å². The van der Waals surface area contributed by atoms with E-state index in [1.54, 1.807) is 7.11 Å². The van der Waals surface area contributed by atoms with E-state index in [9.17, 15) is 0 Å². The molecule has 1 aromatic carbocycles. The molecule has 1 fully saturated rings. The van der Waals surface area contributed by atoms with Crippen LogP contribution in [-0.4, -0.2) is 31.3 Å². The maximum absolute atomic E-state index is 5.30. The van der Waals surface area contributed by atoms with Crippen molar-refractivity contribution < 1.29 is 4.74 Å². The van der Waals surface area contributed by atoms with E-state index < -0.39 is 0 Å². The van der Waals surface area contributed by atoms with Gasteiger partial charge in [-0.3, -0.25) is 0 Å². The topological polar surface area (TPSA) is 24.5 Å². The summed E-state index contributed by atoms with van der Waals surface area (Å²) in [7, 11) is 1.77. The van der Waals surface area contributed by atoms with Gasteiger partial charge < -0.3 is 4.74 Å². The van der Waals surface area contributed by atoms with E-state index in [-0.39, 0.29) is 0 Å². The quantitative estimate of drug-likeness (QED) is 0.763. The Morgan fingerprint density at radius 2 is 2.26 bits per heavy atom. The predicted octanol–water partition coefficient (Wildman–Crippen LogP) is 2.92. The van der Waals surface area contributed by atoms with Crippen LogP contribution >= 0.6 is 0 Å². The fraction of sp³-hybridized carbons (Fsp3) is 0.500. The van der Waals surface area contributed by atoms with Crippen molar-refractivity contribution in [2.75, 3.05) is 20.3 Å². The maximum Gasteiger partial charge on any atom is 0.0632 e. The van der Waals surface area contributed by atoms with Gasteiger partial charge in [-0.1, -0.05) is 36.4 Å². The van der Waals surface area contributed by atoms with Crippen LogP contribution in [0.4, 0.5) is 0 Å². The first kappa shape index (κ1) is 14.3. The normalized spacial score (nSPS) is 21.4. The van der Waals surface area contributed by atoms with E-state index in [1.807, 2.05) is 6.08 Å². The van der Waals surface area contributed by atoms with Crippen LogP contribution in [0.1, 0.15) is 30.9 Å². The summed E-state index contributed by atoms with van der Waals surface area (Å²) in [5.41, 5.74) is 4.96. The first-order valence-electron chi connectivity index (χ1n) is 7.02. The van der Waals surface area contributed by atoms with Crippen LogP contribution < -0.4 is 5.43 Å². The van der Waals surface area contributed by atoms with Crippen LogP contribution in [0.15, 0.2) is 43.0 Å². The Hall–Kier alpha value is -1.16. The monoisotopic (exact) mass is 260 g/mol. The highest BCUT2D eigenvalue weighted by molar-refractivity contribution is 5.19. The third kappa shape index (κ3) is 3.90. The van der Waals surface area contributed by atoms with E-state index in [0.717, 1.165) is 19.6 Å². The van der Waals surface area contributed by atoms with Gasteiger partial charge in [0.05, 0.1) is 6.61 Å². The molecule has 104 valence electrons. The van der Waals surface area contributed by atoms with Gasteiger partial charge in [0.2, 0.25) is 0 Å². The van der Waals surface area contributed by atoms with Gasteiger partial charge in [-0.05, 0) is 24.8 Å². The number of rotatable bonds is 7. The smallest absolute Gasteiger partial charge is 0.0632 e. The Kier molecular flexibility index (Phi) is 5.58. The van der Waals surface area contributed by atoms with E-state index >= 15 is 0 Å². The maximum atomic E-state index is 5.30. The van der Waals surface area contributed by atoms with E-state index in [1.165, 1.54) is 18.4 Å². The van der Waals surface area contributed by atoms with Crippen molar-refractivity contribution in [2.45, 2.75) is 31.3 Å². The van der Waals surface area contributed by atoms with Crippen LogP contribution in [0.25, 0.3) is 0 Å². The first-order valence-corrected chi connectivity index (χ1v) is 7.02. The zero-order valence-electron chi connectivity index (χ0n) is 11.7. The molecule has 0 bridgehead atoms. The zero-order valence-corrected chi connectivity index (χ0v) is 11.7. The molecule has 1 heterocycles. The minimum Gasteiger partial charge on any atom is -0.383 e. The van der Waals surface area contributed by atoms with E-state index in [2.05, 4.69) is 47.3 Å². The molecule has 0 aliphatic carbocycles. The molecule has 0 amide bonds. The highest BCUT2D eigenvalue weighted by atomic mass is 16.5. The van der Waals surface area contributed by atoms with Crippen LogP contribution in [0.2, 0.25) is 0 Å². The summed E-state index contributed by atoms with van der Waals surface area (Å²) >= 11 is 0. The minimum absolute atomic E-state index is 0.302. The predicted molar refractivity (Wildman–Crippen MR) is 78.7 cm³/mol. The standard InChI is InChI=1S/C16H24N2O/c1-3-8-16(14-9-5-4-6-10-14)17-18-12-7-11-15(18)13-19-2/h3-6,9-10,15-17H,1,7-8,11-13H2,2H3/t15-,16?/m0/s1. The Morgan fingerprint density at radius 1 is 1.47 bits per heavy atom. The van der Waals surface area contributed by atoms with Gasteiger partial charge in [0, 0.05) is 25.7 Å². The van der Waals surface area contributed by atoms with Crippen LogP contribution in [0, 0.1) is 0 Å². The minimum atomic E-state index is 0.302. The summed E-state index contributed by atoms with van der Waals surface area (Å²) in [6.45, 7) is 5.76. The third-order valence-corrected chi connectivity index (χ3v) is 3.66. The number of hydrogen-bond donors (Lipinski definition) is 1. The first-order chi connectivity index (χ1) is 9.35. The molecule has 3 nitrogen and oxygen atoms in total. The summed E-state index contributed by atoms with van der Waals surface area (Å²) in [6, 6.07) is 11.4. The Bertz CT molecular complexity index is 380. The van der Waals surface area contributed by atoms with Crippen LogP contribution in [0.3, 0.4) is 0 Å². The second-order valence-electron chi connectivity index (χ2n) is 5.06. The molecule has 1 saturated heterocycles. The lowest BCUT2D eigenvalue weighted by Crippen LogP contribution is -2.45. The fourth-order valence-electron chi connectivity index (χ4n) is 2.69. The molecular formula is C16H24N2O. The van der Waals surface area contributed by atoms with Crippen LogP contribution in [-0.2, 0) is 4.74 Å². The van der Waals surface area contributed by atoms with Gasteiger partial charge in [-0.25, -0.2) is 10.4 Å². The lowest BCUT2D eigenvalue weighted by atomic mass is 10.0. The van der Waals surface area contributed by atoms with Crippen LogP contribution in [0.5, 0.6) is 0 Å². The lowest BCUT2D eigenvalue weighted by Gasteiger charge is -2.30. The zero-order chi connectivity index (χ0) is 13.5. The van der Waals surface area contributed by atoms with E-state index in [0.29, 0.717) is 12.1 Å². The van der Waals surface area contributed by atoms with Gasteiger partial charge in [0.1, 0.15) is 0 Å². The van der Waals surface area contributed by atoms with Gasteiger partial charge in [-0.15, -0.1) is 6.58 Å². The number of nitrogens with zero attached hydrogens (tertiary/aromatic N) is 1. The summed E-state index contributed by atoms with van der Waals surface area (Å²) in [6.07, 6.45) is 5.35. The molecule has 1 aliphatic rings. The number of hydrogen-bond acceptors (Lipinski definition) is 3. The number of benzene rings is 1. The molecule has 1 aromatic rings. The molecular weight excluding hydrogens is 236 g/mol. The number of ether oxygens (including phenoxy) is 1. The Morgan fingerprint density at radius 3 is 2.95 bits per heavy atom. The second kappa shape index (κ2) is 7.43. The average Bonchev–Trinajstić information content (AvgIpc) is 2.87. The summed E-state index contributed by atoms with van der Waals surface area (Å²) < 4.78 is 5.30. The number of nitrogens with one attached hydrogen (secondary N) is 1. The van der Waals surface area contributed by atoms with E-state index in [4.69, 9.17) is 4.74 Å². The summed E-state index contributed by atoms with van der Waals surface area (Å²) in [4.78, 5) is 0. The molecule has 1 N–H and O–H groups in total. The van der Waals surface area contributed by atoms with Crippen molar-refractivity contribution in [2.24, 2.45) is 0 Å².